The largest absolute Gasteiger partial charge is 0.0830 e. The Labute approximate surface area is 137 Å². The number of hydrogen-bond donors (Lipinski definition) is 0. The minimum absolute atomic E-state index is 0.670. The predicted octanol–water partition coefficient (Wildman–Crippen LogP) is 6.40. The number of benzene rings is 3. The second kappa shape index (κ2) is 5.98. The Morgan fingerprint density at radius 2 is 1.45 bits per heavy atom. The lowest BCUT2D eigenvalue weighted by atomic mass is 9.88. The highest BCUT2D eigenvalue weighted by molar-refractivity contribution is 6.34. The SMILES string of the molecule is Cc1cc(C)c(-c2cc[c]c(Cl)c2-c2ccccc2)c(C)c1. The summed E-state index contributed by atoms with van der Waals surface area (Å²) in [5, 5.41) is 0.670. The maximum atomic E-state index is 6.49. The molecule has 0 unspecified atom stereocenters. The van der Waals surface area contributed by atoms with Crippen molar-refractivity contribution in [2.45, 2.75) is 20.8 Å². The first kappa shape index (κ1) is 14.9. The van der Waals surface area contributed by atoms with Gasteiger partial charge in [-0.2, -0.15) is 0 Å². The van der Waals surface area contributed by atoms with Crippen LogP contribution in [-0.4, -0.2) is 0 Å². The first-order valence-electron chi connectivity index (χ1n) is 7.42. The van der Waals surface area contributed by atoms with Crippen LogP contribution in [0.4, 0.5) is 0 Å². The molecule has 0 heterocycles. The molecule has 1 heteroatoms. The van der Waals surface area contributed by atoms with Gasteiger partial charge in [-0.1, -0.05) is 71.8 Å². The van der Waals surface area contributed by atoms with Gasteiger partial charge < -0.3 is 0 Å². The summed E-state index contributed by atoms with van der Waals surface area (Å²) in [5.41, 5.74) is 8.45. The Morgan fingerprint density at radius 1 is 0.818 bits per heavy atom. The van der Waals surface area contributed by atoms with E-state index < -0.39 is 0 Å². The lowest BCUT2D eigenvalue weighted by molar-refractivity contribution is 1.32. The zero-order chi connectivity index (χ0) is 15.7. The quantitative estimate of drug-likeness (QED) is 0.514. The molecule has 0 atom stereocenters. The molecule has 0 saturated heterocycles. The highest BCUT2D eigenvalue weighted by Gasteiger charge is 2.15. The van der Waals surface area contributed by atoms with Crippen molar-refractivity contribution in [2.75, 3.05) is 0 Å². The van der Waals surface area contributed by atoms with E-state index in [0.717, 1.165) is 11.1 Å². The van der Waals surface area contributed by atoms with Crippen LogP contribution in [0.25, 0.3) is 22.3 Å². The standard InChI is InChI=1S/C21H18Cl/c1-14-12-15(2)20(16(3)13-14)18-10-7-11-19(22)21(18)17-8-5-4-6-9-17/h4-10,12-13H,1-3H3. The van der Waals surface area contributed by atoms with Gasteiger partial charge in [0.05, 0.1) is 5.02 Å². The molecule has 0 bridgehead atoms. The van der Waals surface area contributed by atoms with Gasteiger partial charge >= 0.3 is 0 Å². The Morgan fingerprint density at radius 3 is 2.09 bits per heavy atom. The van der Waals surface area contributed by atoms with Crippen LogP contribution < -0.4 is 0 Å². The molecule has 0 aliphatic rings. The lowest BCUT2D eigenvalue weighted by Gasteiger charge is -2.17. The van der Waals surface area contributed by atoms with E-state index in [9.17, 15) is 0 Å². The molecule has 22 heavy (non-hydrogen) atoms. The number of hydrogen-bond acceptors (Lipinski definition) is 0. The van der Waals surface area contributed by atoms with E-state index in [1.54, 1.807) is 0 Å². The molecular weight excluding hydrogens is 288 g/mol. The third kappa shape index (κ3) is 2.67. The zero-order valence-corrected chi connectivity index (χ0v) is 13.8. The van der Waals surface area contributed by atoms with Crippen LogP contribution in [0.5, 0.6) is 0 Å². The number of rotatable bonds is 2. The molecule has 1 radical (unpaired) electrons. The molecule has 0 aliphatic carbocycles. The van der Waals surface area contributed by atoms with Crippen LogP contribution >= 0.6 is 11.6 Å². The van der Waals surface area contributed by atoms with Gasteiger partial charge in [-0.3, -0.25) is 0 Å². The lowest BCUT2D eigenvalue weighted by Crippen LogP contribution is -1.93. The van der Waals surface area contributed by atoms with E-state index in [4.69, 9.17) is 11.6 Å². The molecule has 3 rings (SSSR count). The Kier molecular flexibility index (Phi) is 4.04. The molecule has 0 saturated carbocycles. The van der Waals surface area contributed by atoms with Crippen LogP contribution in [0.15, 0.2) is 54.6 Å². The summed E-state index contributed by atoms with van der Waals surface area (Å²) in [6, 6.07) is 21.9. The number of halogens is 1. The molecule has 3 aromatic rings. The van der Waals surface area contributed by atoms with E-state index >= 15 is 0 Å². The van der Waals surface area contributed by atoms with Crippen LogP contribution in [0.1, 0.15) is 16.7 Å². The summed E-state index contributed by atoms with van der Waals surface area (Å²) in [5.74, 6) is 0. The van der Waals surface area contributed by atoms with Crippen molar-refractivity contribution >= 4 is 11.6 Å². The summed E-state index contributed by atoms with van der Waals surface area (Å²) in [7, 11) is 0. The topological polar surface area (TPSA) is 0 Å². The second-order valence-electron chi connectivity index (χ2n) is 5.72. The molecule has 0 N–H and O–H groups in total. The average molecular weight is 306 g/mol. The van der Waals surface area contributed by atoms with E-state index in [-0.39, 0.29) is 0 Å². The van der Waals surface area contributed by atoms with Crippen molar-refractivity contribution in [1.82, 2.24) is 0 Å². The van der Waals surface area contributed by atoms with Gasteiger partial charge in [0.2, 0.25) is 0 Å². The van der Waals surface area contributed by atoms with Crippen LogP contribution in [0.2, 0.25) is 5.02 Å². The maximum absolute atomic E-state index is 6.49. The molecule has 0 aromatic heterocycles. The molecule has 0 nitrogen and oxygen atoms in total. The van der Waals surface area contributed by atoms with Crippen molar-refractivity contribution in [3.05, 3.63) is 82.4 Å². The Balaban J connectivity index is 2.32. The fraction of sp³-hybridized carbons (Fsp3) is 0.143. The van der Waals surface area contributed by atoms with E-state index in [1.165, 1.54) is 27.8 Å². The smallest absolute Gasteiger partial charge is 0.0569 e. The summed E-state index contributed by atoms with van der Waals surface area (Å²) >= 11 is 6.49. The van der Waals surface area contributed by atoms with Gasteiger partial charge in [-0.05, 0) is 48.6 Å². The summed E-state index contributed by atoms with van der Waals surface area (Å²) in [6.07, 6.45) is 0. The van der Waals surface area contributed by atoms with Gasteiger partial charge in [-0.25, -0.2) is 0 Å². The van der Waals surface area contributed by atoms with Gasteiger partial charge in [0.1, 0.15) is 0 Å². The van der Waals surface area contributed by atoms with Gasteiger partial charge in [-0.15, -0.1) is 0 Å². The van der Waals surface area contributed by atoms with Crippen LogP contribution in [0.3, 0.4) is 0 Å². The average Bonchev–Trinajstić information content (AvgIpc) is 2.47. The highest BCUT2D eigenvalue weighted by Crippen LogP contribution is 2.40. The minimum Gasteiger partial charge on any atom is -0.0830 e. The molecule has 0 amide bonds. The molecule has 0 fully saturated rings. The minimum atomic E-state index is 0.670. The van der Waals surface area contributed by atoms with Crippen molar-refractivity contribution in [1.29, 1.82) is 0 Å². The summed E-state index contributed by atoms with van der Waals surface area (Å²) in [4.78, 5) is 0. The Bertz CT molecular complexity index is 794. The van der Waals surface area contributed by atoms with E-state index in [1.807, 2.05) is 24.3 Å². The zero-order valence-electron chi connectivity index (χ0n) is 13.1. The van der Waals surface area contributed by atoms with Gasteiger partial charge in [0.15, 0.2) is 0 Å². The summed E-state index contributed by atoms with van der Waals surface area (Å²) in [6.45, 7) is 6.46. The molecule has 0 aliphatic heterocycles. The maximum Gasteiger partial charge on any atom is 0.0569 e. The second-order valence-corrected chi connectivity index (χ2v) is 6.10. The first-order chi connectivity index (χ1) is 10.6. The van der Waals surface area contributed by atoms with Crippen molar-refractivity contribution in [3.63, 3.8) is 0 Å². The fourth-order valence-corrected chi connectivity index (χ4v) is 3.45. The van der Waals surface area contributed by atoms with Crippen molar-refractivity contribution in [3.8, 4) is 22.3 Å². The Hall–Kier alpha value is -2.05. The molecule has 109 valence electrons. The molecule has 0 spiro atoms. The monoisotopic (exact) mass is 305 g/mol. The van der Waals surface area contributed by atoms with Gasteiger partial charge in [0, 0.05) is 11.6 Å². The van der Waals surface area contributed by atoms with Crippen LogP contribution in [-0.2, 0) is 0 Å². The third-order valence-electron chi connectivity index (χ3n) is 3.96. The first-order valence-corrected chi connectivity index (χ1v) is 7.79. The van der Waals surface area contributed by atoms with E-state index in [2.05, 4.69) is 57.2 Å². The molecule has 3 aromatic carbocycles. The molecular formula is C21H18Cl. The number of aryl methyl sites for hydroxylation is 3. The highest BCUT2D eigenvalue weighted by atomic mass is 35.5. The van der Waals surface area contributed by atoms with E-state index in [0.29, 0.717) is 5.02 Å². The summed E-state index contributed by atoms with van der Waals surface area (Å²) < 4.78 is 0. The van der Waals surface area contributed by atoms with Crippen molar-refractivity contribution in [2.24, 2.45) is 0 Å². The normalized spacial score (nSPS) is 10.7. The fourth-order valence-electron chi connectivity index (χ4n) is 3.17. The van der Waals surface area contributed by atoms with Crippen LogP contribution in [0, 0.1) is 26.8 Å². The predicted molar refractivity (Wildman–Crippen MR) is 95.4 cm³/mol. The van der Waals surface area contributed by atoms with Crippen molar-refractivity contribution < 1.29 is 0 Å². The third-order valence-corrected chi connectivity index (χ3v) is 4.26. The van der Waals surface area contributed by atoms with Gasteiger partial charge in [0.25, 0.3) is 0 Å².